The minimum absolute atomic E-state index is 0.358. The Labute approximate surface area is 112 Å². The minimum atomic E-state index is -0.676. The van der Waals surface area contributed by atoms with Crippen molar-refractivity contribution < 1.29 is 5.11 Å². The van der Waals surface area contributed by atoms with E-state index in [1.807, 2.05) is 6.92 Å². The summed E-state index contributed by atoms with van der Waals surface area (Å²) in [6.07, 6.45) is 3.02. The SMILES string of the molecule is CC1CN(CCCCC(C)(O)CN)CC1N(C)C. The van der Waals surface area contributed by atoms with Gasteiger partial charge in [0.05, 0.1) is 5.60 Å². The Morgan fingerprint density at radius 1 is 1.33 bits per heavy atom. The fraction of sp³-hybridized carbons (Fsp3) is 1.00. The summed E-state index contributed by atoms with van der Waals surface area (Å²) < 4.78 is 0. The highest BCUT2D eigenvalue weighted by molar-refractivity contribution is 4.86. The summed E-state index contributed by atoms with van der Waals surface area (Å²) in [5.41, 5.74) is 4.84. The van der Waals surface area contributed by atoms with E-state index in [2.05, 4.69) is 30.8 Å². The zero-order chi connectivity index (χ0) is 13.8. The van der Waals surface area contributed by atoms with Crippen molar-refractivity contribution in [1.29, 1.82) is 0 Å². The Morgan fingerprint density at radius 2 is 2.00 bits per heavy atom. The quantitative estimate of drug-likeness (QED) is 0.661. The number of likely N-dealkylation sites (tertiary alicyclic amines) is 1. The van der Waals surface area contributed by atoms with E-state index < -0.39 is 5.60 Å². The fourth-order valence-corrected chi connectivity index (χ4v) is 2.85. The first kappa shape index (κ1) is 15.9. The van der Waals surface area contributed by atoms with E-state index in [4.69, 9.17) is 5.73 Å². The van der Waals surface area contributed by atoms with Crippen LogP contribution in [0.3, 0.4) is 0 Å². The highest BCUT2D eigenvalue weighted by Gasteiger charge is 2.30. The molecule has 1 rings (SSSR count). The van der Waals surface area contributed by atoms with Gasteiger partial charge in [0.25, 0.3) is 0 Å². The van der Waals surface area contributed by atoms with Crippen molar-refractivity contribution in [2.24, 2.45) is 11.7 Å². The van der Waals surface area contributed by atoms with Crippen molar-refractivity contribution in [3.63, 3.8) is 0 Å². The Kier molecular flexibility index (Phi) is 6.05. The second kappa shape index (κ2) is 6.85. The molecule has 0 radical (unpaired) electrons. The first-order valence-electron chi connectivity index (χ1n) is 7.17. The van der Waals surface area contributed by atoms with E-state index in [-0.39, 0.29) is 0 Å². The maximum atomic E-state index is 9.83. The second-order valence-corrected chi connectivity index (χ2v) is 6.43. The lowest BCUT2D eigenvalue weighted by Gasteiger charge is -2.23. The summed E-state index contributed by atoms with van der Waals surface area (Å²) in [4.78, 5) is 4.89. The van der Waals surface area contributed by atoms with Gasteiger partial charge in [0.2, 0.25) is 0 Å². The third-order valence-corrected chi connectivity index (χ3v) is 4.19. The molecule has 0 aromatic carbocycles. The summed E-state index contributed by atoms with van der Waals surface area (Å²) in [6.45, 7) is 8.06. The van der Waals surface area contributed by atoms with Crippen LogP contribution in [-0.4, -0.2) is 66.8 Å². The molecule has 0 aromatic rings. The third kappa shape index (κ3) is 4.84. The molecule has 0 amide bonds. The van der Waals surface area contributed by atoms with E-state index in [9.17, 15) is 5.11 Å². The molecule has 1 saturated heterocycles. The molecule has 3 N–H and O–H groups in total. The van der Waals surface area contributed by atoms with Gasteiger partial charge >= 0.3 is 0 Å². The predicted octanol–water partition coefficient (Wildman–Crippen LogP) is 0.748. The molecule has 3 unspecified atom stereocenters. The van der Waals surface area contributed by atoms with Crippen molar-refractivity contribution >= 4 is 0 Å². The van der Waals surface area contributed by atoms with Crippen molar-refractivity contribution in [3.8, 4) is 0 Å². The number of rotatable bonds is 7. The highest BCUT2D eigenvalue weighted by atomic mass is 16.3. The normalized spacial score (nSPS) is 28.8. The topological polar surface area (TPSA) is 52.7 Å². The molecule has 1 fully saturated rings. The van der Waals surface area contributed by atoms with Crippen LogP contribution in [-0.2, 0) is 0 Å². The molecule has 4 nitrogen and oxygen atoms in total. The van der Waals surface area contributed by atoms with Gasteiger partial charge in [-0.2, -0.15) is 0 Å². The van der Waals surface area contributed by atoms with Crippen LogP contribution in [0, 0.1) is 5.92 Å². The van der Waals surface area contributed by atoms with E-state index in [1.165, 1.54) is 13.1 Å². The molecule has 18 heavy (non-hydrogen) atoms. The highest BCUT2D eigenvalue weighted by Crippen LogP contribution is 2.21. The second-order valence-electron chi connectivity index (χ2n) is 6.43. The lowest BCUT2D eigenvalue weighted by molar-refractivity contribution is 0.0565. The number of hydrogen-bond acceptors (Lipinski definition) is 4. The Morgan fingerprint density at radius 3 is 2.50 bits per heavy atom. The number of nitrogens with zero attached hydrogens (tertiary/aromatic N) is 2. The van der Waals surface area contributed by atoms with Crippen LogP contribution in [0.5, 0.6) is 0 Å². The Bertz CT molecular complexity index is 243. The number of unbranched alkanes of at least 4 members (excludes halogenated alkanes) is 1. The monoisotopic (exact) mass is 257 g/mol. The molecule has 0 saturated carbocycles. The van der Waals surface area contributed by atoms with Gasteiger partial charge in [-0.05, 0) is 52.7 Å². The largest absolute Gasteiger partial charge is 0.389 e. The minimum Gasteiger partial charge on any atom is -0.389 e. The van der Waals surface area contributed by atoms with Crippen LogP contribution >= 0.6 is 0 Å². The molecule has 0 aromatic heterocycles. The fourth-order valence-electron chi connectivity index (χ4n) is 2.85. The van der Waals surface area contributed by atoms with Gasteiger partial charge in [-0.15, -0.1) is 0 Å². The summed E-state index contributed by atoms with van der Waals surface area (Å²) in [5.74, 6) is 0.757. The van der Waals surface area contributed by atoms with Crippen molar-refractivity contribution in [2.75, 3.05) is 40.3 Å². The smallest absolute Gasteiger partial charge is 0.0741 e. The molecule has 0 aliphatic carbocycles. The lowest BCUT2D eigenvalue weighted by Crippen LogP contribution is -2.35. The predicted molar refractivity (Wildman–Crippen MR) is 76.6 cm³/mol. The molecular weight excluding hydrogens is 226 g/mol. The first-order valence-corrected chi connectivity index (χ1v) is 7.17. The van der Waals surface area contributed by atoms with E-state index >= 15 is 0 Å². The number of hydrogen-bond donors (Lipinski definition) is 2. The van der Waals surface area contributed by atoms with Crippen LogP contribution in [0.4, 0.5) is 0 Å². The van der Waals surface area contributed by atoms with Gasteiger partial charge in [-0.1, -0.05) is 6.92 Å². The van der Waals surface area contributed by atoms with Crippen molar-refractivity contribution in [1.82, 2.24) is 9.80 Å². The van der Waals surface area contributed by atoms with Gasteiger partial charge in [0.15, 0.2) is 0 Å². The summed E-state index contributed by atoms with van der Waals surface area (Å²) in [5, 5.41) is 9.83. The van der Waals surface area contributed by atoms with Crippen LogP contribution in [0.2, 0.25) is 0 Å². The molecule has 108 valence electrons. The van der Waals surface area contributed by atoms with Crippen molar-refractivity contribution in [2.45, 2.75) is 44.8 Å². The van der Waals surface area contributed by atoms with Crippen LogP contribution in [0.25, 0.3) is 0 Å². The van der Waals surface area contributed by atoms with E-state index in [0.29, 0.717) is 12.6 Å². The Balaban J connectivity index is 2.18. The zero-order valence-electron chi connectivity index (χ0n) is 12.5. The summed E-state index contributed by atoms with van der Waals surface area (Å²) >= 11 is 0. The molecule has 4 heteroatoms. The molecular formula is C14H31N3O. The van der Waals surface area contributed by atoms with Crippen LogP contribution in [0.1, 0.15) is 33.1 Å². The standard InChI is InChI=1S/C14H31N3O/c1-12-9-17(10-13(12)16(3)4)8-6-5-7-14(2,18)11-15/h12-13,18H,5-11,15H2,1-4H3. The molecule has 0 bridgehead atoms. The van der Waals surface area contributed by atoms with Crippen LogP contribution in [0.15, 0.2) is 0 Å². The third-order valence-electron chi connectivity index (χ3n) is 4.19. The van der Waals surface area contributed by atoms with E-state index in [0.717, 1.165) is 31.7 Å². The molecule has 1 aliphatic heterocycles. The average molecular weight is 257 g/mol. The number of aliphatic hydroxyl groups is 1. The number of likely N-dealkylation sites (N-methyl/N-ethyl adjacent to an activating group) is 1. The summed E-state index contributed by atoms with van der Waals surface area (Å²) in [6, 6.07) is 0.692. The molecule has 1 heterocycles. The molecule has 3 atom stereocenters. The van der Waals surface area contributed by atoms with Gasteiger partial charge in [0.1, 0.15) is 0 Å². The summed E-state index contributed by atoms with van der Waals surface area (Å²) in [7, 11) is 4.34. The van der Waals surface area contributed by atoms with Gasteiger partial charge in [-0.3, -0.25) is 0 Å². The maximum Gasteiger partial charge on any atom is 0.0741 e. The Hall–Kier alpha value is -0.160. The van der Waals surface area contributed by atoms with Crippen LogP contribution < -0.4 is 5.73 Å². The van der Waals surface area contributed by atoms with Crippen molar-refractivity contribution in [3.05, 3.63) is 0 Å². The van der Waals surface area contributed by atoms with Gasteiger partial charge in [0, 0.05) is 25.7 Å². The first-order chi connectivity index (χ1) is 8.35. The zero-order valence-corrected chi connectivity index (χ0v) is 12.5. The van der Waals surface area contributed by atoms with Gasteiger partial charge in [-0.25, -0.2) is 0 Å². The number of nitrogens with two attached hydrogens (primary N) is 1. The maximum absolute atomic E-state index is 9.83. The molecule has 1 aliphatic rings. The van der Waals surface area contributed by atoms with Gasteiger partial charge < -0.3 is 20.6 Å². The van der Waals surface area contributed by atoms with E-state index in [1.54, 1.807) is 0 Å². The average Bonchev–Trinajstić information content (AvgIpc) is 2.66. The lowest BCUT2D eigenvalue weighted by atomic mass is 9.99. The molecule has 0 spiro atoms.